The Morgan fingerprint density at radius 2 is 1.91 bits per heavy atom. The van der Waals surface area contributed by atoms with Crippen LogP contribution in [0.15, 0.2) is 42.6 Å². The number of nitrogens with one attached hydrogen (secondary N) is 1. The van der Waals surface area contributed by atoms with Crippen molar-refractivity contribution in [1.82, 2.24) is 9.97 Å². The smallest absolute Gasteiger partial charge is 0.126 e. The lowest BCUT2D eigenvalue weighted by atomic mass is 9.96. The molecule has 4 aromatic rings. The highest BCUT2D eigenvalue weighted by molar-refractivity contribution is 6.31. The second kappa shape index (κ2) is 5.07. The molecular weight excluding hydrogens is 311 g/mol. The highest BCUT2D eigenvalue weighted by Gasteiger charge is 2.17. The van der Waals surface area contributed by atoms with Crippen molar-refractivity contribution >= 4 is 33.4 Å². The van der Waals surface area contributed by atoms with Crippen LogP contribution in [0.2, 0.25) is 5.02 Å². The van der Waals surface area contributed by atoms with Crippen LogP contribution in [0.4, 0.5) is 4.39 Å². The van der Waals surface area contributed by atoms with Crippen LogP contribution in [-0.4, -0.2) is 9.97 Å². The average Bonchev–Trinajstić information content (AvgIpc) is 2.87. The predicted molar refractivity (Wildman–Crippen MR) is 93.5 cm³/mol. The standard InChI is InChI=1S/C19H14ClFN2/c1-10-15(21)5-6-16-18(10)19(11(2)23-16)14-7-8-22-17-9-12(20)3-4-13(14)17/h3-9,23H,1-2H3. The molecule has 0 aliphatic rings. The van der Waals surface area contributed by atoms with Gasteiger partial charge in [-0.2, -0.15) is 0 Å². The Labute approximate surface area is 137 Å². The maximum absolute atomic E-state index is 14.1. The number of halogens is 2. The van der Waals surface area contributed by atoms with Crippen LogP contribution in [0, 0.1) is 19.7 Å². The summed E-state index contributed by atoms with van der Waals surface area (Å²) >= 11 is 6.07. The fraction of sp³-hybridized carbons (Fsp3) is 0.105. The normalized spacial score (nSPS) is 11.5. The summed E-state index contributed by atoms with van der Waals surface area (Å²) in [5.41, 5.74) is 5.49. The molecule has 0 aliphatic carbocycles. The van der Waals surface area contributed by atoms with Gasteiger partial charge in [-0.25, -0.2) is 4.39 Å². The molecule has 2 aromatic heterocycles. The predicted octanol–water partition coefficient (Wildman–Crippen LogP) is 5.79. The molecule has 0 saturated heterocycles. The fourth-order valence-corrected chi connectivity index (χ4v) is 3.41. The van der Waals surface area contributed by atoms with Crippen molar-refractivity contribution in [2.75, 3.05) is 0 Å². The third-order valence-corrected chi connectivity index (χ3v) is 4.56. The number of rotatable bonds is 1. The summed E-state index contributed by atoms with van der Waals surface area (Å²) < 4.78 is 14.1. The number of aromatic nitrogens is 2. The zero-order valence-corrected chi connectivity index (χ0v) is 13.5. The molecule has 2 heterocycles. The summed E-state index contributed by atoms with van der Waals surface area (Å²) in [6, 6.07) is 10.9. The average molecular weight is 325 g/mol. The molecule has 114 valence electrons. The number of aromatic amines is 1. The highest BCUT2D eigenvalue weighted by Crippen LogP contribution is 2.38. The number of hydrogen-bond donors (Lipinski definition) is 1. The Morgan fingerprint density at radius 1 is 1.09 bits per heavy atom. The van der Waals surface area contributed by atoms with Crippen molar-refractivity contribution in [1.29, 1.82) is 0 Å². The highest BCUT2D eigenvalue weighted by atomic mass is 35.5. The van der Waals surface area contributed by atoms with Gasteiger partial charge in [-0.3, -0.25) is 4.98 Å². The lowest BCUT2D eigenvalue weighted by molar-refractivity contribution is 0.621. The first kappa shape index (κ1) is 14.2. The van der Waals surface area contributed by atoms with Gasteiger partial charge in [0, 0.05) is 38.8 Å². The Balaban J connectivity index is 2.15. The Morgan fingerprint density at radius 3 is 2.74 bits per heavy atom. The second-order valence-corrected chi connectivity index (χ2v) is 6.18. The van der Waals surface area contributed by atoms with Crippen molar-refractivity contribution in [3.8, 4) is 11.1 Å². The van der Waals surface area contributed by atoms with Gasteiger partial charge in [0.05, 0.1) is 5.52 Å². The first-order valence-corrected chi connectivity index (χ1v) is 7.76. The summed E-state index contributed by atoms with van der Waals surface area (Å²) in [4.78, 5) is 7.75. The first-order valence-electron chi connectivity index (χ1n) is 7.38. The minimum absolute atomic E-state index is 0.195. The largest absolute Gasteiger partial charge is 0.358 e. The fourth-order valence-electron chi connectivity index (χ4n) is 3.24. The monoisotopic (exact) mass is 324 g/mol. The third kappa shape index (κ3) is 2.12. The molecule has 2 aromatic carbocycles. The van der Waals surface area contributed by atoms with Gasteiger partial charge in [-0.1, -0.05) is 17.7 Å². The summed E-state index contributed by atoms with van der Waals surface area (Å²) in [5, 5.41) is 2.58. The SMILES string of the molecule is Cc1[nH]c2ccc(F)c(C)c2c1-c1ccnc2cc(Cl)ccc12. The van der Waals surface area contributed by atoms with Gasteiger partial charge in [0.15, 0.2) is 0 Å². The minimum Gasteiger partial charge on any atom is -0.358 e. The van der Waals surface area contributed by atoms with E-state index < -0.39 is 0 Å². The van der Waals surface area contributed by atoms with Gasteiger partial charge in [0.1, 0.15) is 5.82 Å². The van der Waals surface area contributed by atoms with Crippen molar-refractivity contribution < 1.29 is 4.39 Å². The topological polar surface area (TPSA) is 28.7 Å². The quantitative estimate of drug-likeness (QED) is 0.471. The number of fused-ring (bicyclic) bond motifs is 2. The Kier molecular flexibility index (Phi) is 3.13. The van der Waals surface area contributed by atoms with Crippen LogP contribution in [0.3, 0.4) is 0 Å². The molecule has 0 atom stereocenters. The molecule has 0 aliphatic heterocycles. The molecule has 0 radical (unpaired) electrons. The van der Waals surface area contributed by atoms with Crippen molar-refractivity contribution in [3.05, 3.63) is 64.7 Å². The minimum atomic E-state index is -0.195. The molecule has 0 spiro atoms. The number of benzene rings is 2. The van der Waals surface area contributed by atoms with E-state index in [-0.39, 0.29) is 5.82 Å². The van der Waals surface area contributed by atoms with Crippen LogP contribution in [0.1, 0.15) is 11.3 Å². The van der Waals surface area contributed by atoms with Gasteiger partial charge in [-0.15, -0.1) is 0 Å². The van der Waals surface area contributed by atoms with E-state index in [1.807, 2.05) is 38.1 Å². The van der Waals surface area contributed by atoms with Crippen LogP contribution < -0.4 is 0 Å². The molecule has 0 amide bonds. The maximum atomic E-state index is 14.1. The number of pyridine rings is 1. The van der Waals surface area contributed by atoms with Crippen LogP contribution in [0.5, 0.6) is 0 Å². The second-order valence-electron chi connectivity index (χ2n) is 5.74. The van der Waals surface area contributed by atoms with Crippen molar-refractivity contribution in [3.63, 3.8) is 0 Å². The van der Waals surface area contributed by atoms with E-state index in [0.29, 0.717) is 10.6 Å². The van der Waals surface area contributed by atoms with E-state index in [9.17, 15) is 4.39 Å². The van der Waals surface area contributed by atoms with Crippen LogP contribution in [-0.2, 0) is 0 Å². The molecular formula is C19H14ClFN2. The molecule has 0 bridgehead atoms. The van der Waals surface area contributed by atoms with E-state index in [4.69, 9.17) is 11.6 Å². The molecule has 4 heteroatoms. The van der Waals surface area contributed by atoms with Crippen LogP contribution >= 0.6 is 11.6 Å². The molecule has 1 N–H and O–H groups in total. The zero-order valence-electron chi connectivity index (χ0n) is 12.7. The van der Waals surface area contributed by atoms with Gasteiger partial charge in [0.25, 0.3) is 0 Å². The van der Waals surface area contributed by atoms with Gasteiger partial charge in [0.2, 0.25) is 0 Å². The zero-order chi connectivity index (χ0) is 16.1. The number of nitrogens with zero attached hydrogens (tertiary/aromatic N) is 1. The van der Waals surface area contributed by atoms with E-state index in [0.717, 1.165) is 38.6 Å². The molecule has 2 nitrogen and oxygen atoms in total. The summed E-state index contributed by atoms with van der Waals surface area (Å²) in [5.74, 6) is -0.195. The molecule has 0 saturated carbocycles. The number of aryl methyl sites for hydroxylation is 2. The molecule has 4 rings (SSSR count). The van der Waals surface area contributed by atoms with Gasteiger partial charge >= 0.3 is 0 Å². The van der Waals surface area contributed by atoms with E-state index >= 15 is 0 Å². The Hall–Kier alpha value is -2.39. The van der Waals surface area contributed by atoms with Crippen LogP contribution in [0.25, 0.3) is 32.9 Å². The molecule has 0 fully saturated rings. The number of hydrogen-bond acceptors (Lipinski definition) is 1. The first-order chi connectivity index (χ1) is 11.1. The number of H-pyrrole nitrogens is 1. The van der Waals surface area contributed by atoms with E-state index in [1.54, 1.807) is 12.3 Å². The summed E-state index contributed by atoms with van der Waals surface area (Å²) in [6.07, 6.45) is 1.76. The molecule has 23 heavy (non-hydrogen) atoms. The third-order valence-electron chi connectivity index (χ3n) is 4.32. The lowest BCUT2D eigenvalue weighted by Gasteiger charge is -2.09. The Bertz CT molecular complexity index is 1070. The summed E-state index contributed by atoms with van der Waals surface area (Å²) in [6.45, 7) is 3.82. The van der Waals surface area contributed by atoms with E-state index in [1.165, 1.54) is 6.07 Å². The van der Waals surface area contributed by atoms with Crippen molar-refractivity contribution in [2.24, 2.45) is 0 Å². The van der Waals surface area contributed by atoms with E-state index in [2.05, 4.69) is 9.97 Å². The maximum Gasteiger partial charge on any atom is 0.126 e. The van der Waals surface area contributed by atoms with Crippen molar-refractivity contribution in [2.45, 2.75) is 13.8 Å². The van der Waals surface area contributed by atoms with Gasteiger partial charge < -0.3 is 4.98 Å². The van der Waals surface area contributed by atoms with Gasteiger partial charge in [-0.05, 0) is 55.3 Å². The lowest BCUT2D eigenvalue weighted by Crippen LogP contribution is -1.88. The molecule has 0 unspecified atom stereocenters. The summed E-state index contributed by atoms with van der Waals surface area (Å²) in [7, 11) is 0.